The number of carbonyl (C=O) groups excluding carboxylic acids is 2. The molecule has 6 nitrogen and oxygen atoms in total. The number of nitrogens with one attached hydrogen (secondary N) is 1. The van der Waals surface area contributed by atoms with Gasteiger partial charge >= 0.3 is 5.97 Å². The number of hydrogen-bond acceptors (Lipinski definition) is 4. The zero-order valence-electron chi connectivity index (χ0n) is 9.68. The van der Waals surface area contributed by atoms with Crippen LogP contribution in [0.2, 0.25) is 0 Å². The van der Waals surface area contributed by atoms with Crippen LogP contribution < -0.4 is 0 Å². The molecule has 1 aliphatic rings. The molecule has 2 rings (SSSR count). The molecule has 2 heterocycles. The van der Waals surface area contributed by atoms with Crippen molar-refractivity contribution in [3.05, 3.63) is 18.0 Å². The minimum absolute atomic E-state index is 0.0904. The topological polar surface area (TPSA) is 75.3 Å². The van der Waals surface area contributed by atoms with Gasteiger partial charge in [-0.1, -0.05) is 0 Å². The van der Waals surface area contributed by atoms with Gasteiger partial charge in [-0.25, -0.2) is 0 Å². The maximum atomic E-state index is 12.0. The fraction of sp³-hybridized carbons (Fsp3) is 0.545. The molecule has 1 fully saturated rings. The van der Waals surface area contributed by atoms with Crippen molar-refractivity contribution in [3.8, 4) is 0 Å². The Morgan fingerprint density at radius 2 is 2.41 bits per heavy atom. The number of hydrogen-bond donors (Lipinski definition) is 1. The van der Waals surface area contributed by atoms with Crippen LogP contribution in [0.1, 0.15) is 23.2 Å². The lowest BCUT2D eigenvalue weighted by molar-refractivity contribution is -0.146. The number of nitrogens with zero attached hydrogens (tertiary/aromatic N) is 2. The molecular weight excluding hydrogens is 222 g/mol. The maximum absolute atomic E-state index is 12.0. The van der Waals surface area contributed by atoms with Crippen molar-refractivity contribution in [2.75, 3.05) is 20.2 Å². The van der Waals surface area contributed by atoms with Gasteiger partial charge in [-0.05, 0) is 12.8 Å². The van der Waals surface area contributed by atoms with Gasteiger partial charge < -0.3 is 9.64 Å². The van der Waals surface area contributed by atoms with E-state index in [4.69, 9.17) is 4.74 Å². The molecule has 1 saturated heterocycles. The molecule has 0 aromatic carbocycles. The first-order valence-electron chi connectivity index (χ1n) is 5.58. The molecule has 1 aromatic heterocycles. The largest absolute Gasteiger partial charge is 0.469 e. The fourth-order valence-corrected chi connectivity index (χ4v) is 2.07. The van der Waals surface area contributed by atoms with E-state index in [-0.39, 0.29) is 17.8 Å². The van der Waals surface area contributed by atoms with Crippen LogP contribution in [0.15, 0.2) is 12.4 Å². The van der Waals surface area contributed by atoms with Crippen molar-refractivity contribution < 1.29 is 14.3 Å². The van der Waals surface area contributed by atoms with Crippen LogP contribution in [0.5, 0.6) is 0 Å². The average Bonchev–Trinajstić information content (AvgIpc) is 2.91. The van der Waals surface area contributed by atoms with Crippen LogP contribution in [-0.4, -0.2) is 47.2 Å². The van der Waals surface area contributed by atoms with Crippen molar-refractivity contribution in [1.29, 1.82) is 0 Å². The van der Waals surface area contributed by atoms with Crippen LogP contribution in [0.3, 0.4) is 0 Å². The van der Waals surface area contributed by atoms with E-state index in [0.717, 1.165) is 12.8 Å². The van der Waals surface area contributed by atoms with Gasteiger partial charge in [0.05, 0.1) is 24.8 Å². The van der Waals surface area contributed by atoms with Gasteiger partial charge in [0.15, 0.2) is 0 Å². The molecule has 0 aliphatic carbocycles. The minimum atomic E-state index is -0.241. The van der Waals surface area contributed by atoms with Gasteiger partial charge in [0, 0.05) is 19.3 Å². The van der Waals surface area contributed by atoms with Crippen LogP contribution in [-0.2, 0) is 9.53 Å². The second kappa shape index (κ2) is 4.99. The van der Waals surface area contributed by atoms with Crippen LogP contribution in [0.25, 0.3) is 0 Å². The third kappa shape index (κ3) is 2.46. The van der Waals surface area contributed by atoms with Crippen molar-refractivity contribution in [2.45, 2.75) is 12.8 Å². The Balaban J connectivity index is 2.02. The SMILES string of the molecule is COC(=O)C1CCCN(C(=O)c2cn[nH]c2)C1. The lowest BCUT2D eigenvalue weighted by Gasteiger charge is -2.31. The zero-order valence-corrected chi connectivity index (χ0v) is 9.68. The third-order valence-corrected chi connectivity index (χ3v) is 2.99. The number of H-pyrrole nitrogens is 1. The molecule has 1 N–H and O–H groups in total. The highest BCUT2D eigenvalue weighted by Gasteiger charge is 2.29. The normalized spacial score (nSPS) is 20.1. The number of esters is 1. The number of piperidine rings is 1. The van der Waals surface area contributed by atoms with Crippen molar-refractivity contribution in [1.82, 2.24) is 15.1 Å². The van der Waals surface area contributed by atoms with Crippen LogP contribution >= 0.6 is 0 Å². The maximum Gasteiger partial charge on any atom is 0.310 e. The Kier molecular flexibility index (Phi) is 3.41. The number of likely N-dealkylation sites (tertiary alicyclic amines) is 1. The van der Waals surface area contributed by atoms with Crippen molar-refractivity contribution in [3.63, 3.8) is 0 Å². The summed E-state index contributed by atoms with van der Waals surface area (Å²) in [6, 6.07) is 0. The Hall–Kier alpha value is -1.85. The average molecular weight is 237 g/mol. The quantitative estimate of drug-likeness (QED) is 0.757. The second-order valence-electron chi connectivity index (χ2n) is 4.10. The van der Waals surface area contributed by atoms with E-state index in [1.165, 1.54) is 13.3 Å². The Bertz CT molecular complexity index is 402. The summed E-state index contributed by atoms with van der Waals surface area (Å²) in [7, 11) is 1.37. The predicted molar refractivity (Wildman–Crippen MR) is 59.2 cm³/mol. The van der Waals surface area contributed by atoms with E-state index in [1.807, 2.05) is 0 Å². The molecule has 1 aromatic rings. The minimum Gasteiger partial charge on any atom is -0.469 e. The van der Waals surface area contributed by atoms with Crippen LogP contribution in [0.4, 0.5) is 0 Å². The highest BCUT2D eigenvalue weighted by molar-refractivity contribution is 5.94. The number of amides is 1. The van der Waals surface area contributed by atoms with Crippen LogP contribution in [0, 0.1) is 5.92 Å². The molecule has 0 radical (unpaired) electrons. The molecule has 0 saturated carbocycles. The first-order valence-corrected chi connectivity index (χ1v) is 5.58. The first-order chi connectivity index (χ1) is 8.22. The molecule has 0 spiro atoms. The van der Waals surface area contributed by atoms with Gasteiger partial charge in [0.25, 0.3) is 5.91 Å². The molecule has 6 heteroatoms. The number of carbonyl (C=O) groups is 2. The van der Waals surface area contributed by atoms with Crippen molar-refractivity contribution >= 4 is 11.9 Å². The highest BCUT2D eigenvalue weighted by Crippen LogP contribution is 2.19. The number of methoxy groups -OCH3 is 1. The smallest absolute Gasteiger partial charge is 0.310 e. The molecule has 0 bridgehead atoms. The molecule has 1 unspecified atom stereocenters. The van der Waals surface area contributed by atoms with E-state index in [1.54, 1.807) is 11.1 Å². The second-order valence-corrected chi connectivity index (χ2v) is 4.10. The lowest BCUT2D eigenvalue weighted by atomic mass is 9.98. The van der Waals surface area contributed by atoms with Gasteiger partial charge in [0.2, 0.25) is 0 Å². The summed E-state index contributed by atoms with van der Waals surface area (Å²) in [5.41, 5.74) is 0.524. The summed E-state index contributed by atoms with van der Waals surface area (Å²) in [6.45, 7) is 1.11. The number of rotatable bonds is 2. The summed E-state index contributed by atoms with van der Waals surface area (Å²) < 4.78 is 4.71. The summed E-state index contributed by atoms with van der Waals surface area (Å²) in [5.74, 6) is -0.536. The van der Waals surface area contributed by atoms with E-state index in [9.17, 15) is 9.59 Å². The first kappa shape index (κ1) is 11.6. The van der Waals surface area contributed by atoms with E-state index < -0.39 is 0 Å². The summed E-state index contributed by atoms with van der Waals surface area (Å²) in [4.78, 5) is 25.2. The molecule has 1 amide bonds. The van der Waals surface area contributed by atoms with E-state index in [0.29, 0.717) is 18.7 Å². The molecule has 92 valence electrons. The highest BCUT2D eigenvalue weighted by atomic mass is 16.5. The van der Waals surface area contributed by atoms with Gasteiger partial charge in [0.1, 0.15) is 0 Å². The number of ether oxygens (including phenoxy) is 1. The number of aromatic nitrogens is 2. The summed E-state index contributed by atoms with van der Waals surface area (Å²) in [6.07, 6.45) is 4.65. The Morgan fingerprint density at radius 3 is 3.06 bits per heavy atom. The number of aromatic amines is 1. The third-order valence-electron chi connectivity index (χ3n) is 2.99. The van der Waals surface area contributed by atoms with Gasteiger partial charge in [-0.2, -0.15) is 5.10 Å². The monoisotopic (exact) mass is 237 g/mol. The van der Waals surface area contributed by atoms with E-state index >= 15 is 0 Å². The fourth-order valence-electron chi connectivity index (χ4n) is 2.07. The van der Waals surface area contributed by atoms with Gasteiger partial charge in [-0.15, -0.1) is 0 Å². The molecule has 1 aliphatic heterocycles. The summed E-state index contributed by atoms with van der Waals surface area (Å²) >= 11 is 0. The zero-order chi connectivity index (χ0) is 12.3. The van der Waals surface area contributed by atoms with Crippen molar-refractivity contribution in [2.24, 2.45) is 5.92 Å². The molecule has 17 heavy (non-hydrogen) atoms. The molecule has 1 atom stereocenters. The van der Waals surface area contributed by atoms with E-state index in [2.05, 4.69) is 10.2 Å². The van der Waals surface area contributed by atoms with Gasteiger partial charge in [-0.3, -0.25) is 14.7 Å². The Morgan fingerprint density at radius 1 is 1.59 bits per heavy atom. The lowest BCUT2D eigenvalue weighted by Crippen LogP contribution is -2.42. The Labute approximate surface area is 98.9 Å². The molecular formula is C11H15N3O3. The standard InChI is InChI=1S/C11H15N3O3/c1-17-11(16)8-3-2-4-14(7-8)10(15)9-5-12-13-6-9/h5-6,8H,2-4,7H2,1H3,(H,12,13). The summed E-state index contributed by atoms with van der Waals surface area (Å²) in [5, 5.41) is 6.35. The predicted octanol–water partition coefficient (Wildman–Crippen LogP) is 0.435.